The lowest BCUT2D eigenvalue weighted by molar-refractivity contribution is 0.281. The van der Waals surface area contributed by atoms with Crippen LogP contribution in [0.2, 0.25) is 0 Å². The van der Waals surface area contributed by atoms with Gasteiger partial charge in [-0.05, 0) is 25.1 Å². The maximum Gasteiger partial charge on any atom is 0.0717 e. The van der Waals surface area contributed by atoms with E-state index < -0.39 is 0 Å². The molecular weight excluding hydrogens is 250 g/mol. The minimum Gasteiger partial charge on any atom is -0.392 e. The number of hydrogen-bond acceptors (Lipinski definition) is 4. The standard InChI is InChI=1S/C16H19N3O/c1-12-9-16(13(11-20)10-17-12)19-8-7-18(2)14-5-3-4-6-15(14)19/h3-6,9-10,20H,7-8,11H2,1-2H3. The predicted octanol–water partition coefficient (Wildman–Crippen LogP) is 2.47. The van der Waals surface area contributed by atoms with Crippen molar-refractivity contribution in [3.63, 3.8) is 0 Å². The van der Waals surface area contributed by atoms with Crippen molar-refractivity contribution in [2.24, 2.45) is 0 Å². The van der Waals surface area contributed by atoms with Crippen molar-refractivity contribution in [3.8, 4) is 0 Å². The molecule has 0 spiro atoms. The molecule has 20 heavy (non-hydrogen) atoms. The van der Waals surface area contributed by atoms with Crippen LogP contribution in [0.25, 0.3) is 0 Å². The number of aliphatic hydroxyl groups excluding tert-OH is 1. The summed E-state index contributed by atoms with van der Waals surface area (Å²) >= 11 is 0. The lowest BCUT2D eigenvalue weighted by Gasteiger charge is -2.37. The maximum atomic E-state index is 9.56. The van der Waals surface area contributed by atoms with Gasteiger partial charge in [0.05, 0.1) is 23.7 Å². The Kier molecular flexibility index (Phi) is 3.32. The Morgan fingerprint density at radius 1 is 1.15 bits per heavy atom. The Morgan fingerprint density at radius 2 is 1.90 bits per heavy atom. The van der Waals surface area contributed by atoms with Crippen LogP contribution in [0.5, 0.6) is 0 Å². The number of fused-ring (bicyclic) bond motifs is 1. The van der Waals surface area contributed by atoms with E-state index in [2.05, 4.69) is 46.1 Å². The number of aliphatic hydroxyl groups is 1. The first-order valence-corrected chi connectivity index (χ1v) is 6.85. The first-order chi connectivity index (χ1) is 9.70. The zero-order valence-electron chi connectivity index (χ0n) is 11.9. The molecule has 4 heteroatoms. The Balaban J connectivity index is 2.12. The van der Waals surface area contributed by atoms with Crippen molar-refractivity contribution in [1.82, 2.24) is 4.98 Å². The van der Waals surface area contributed by atoms with Gasteiger partial charge in [-0.1, -0.05) is 12.1 Å². The van der Waals surface area contributed by atoms with Crippen LogP contribution in [-0.2, 0) is 6.61 Å². The van der Waals surface area contributed by atoms with Gasteiger partial charge in [-0.15, -0.1) is 0 Å². The van der Waals surface area contributed by atoms with E-state index in [0.717, 1.165) is 30.0 Å². The molecule has 1 aliphatic heterocycles. The molecule has 0 aliphatic carbocycles. The van der Waals surface area contributed by atoms with Crippen molar-refractivity contribution in [1.29, 1.82) is 0 Å². The van der Waals surface area contributed by atoms with Crippen molar-refractivity contribution in [2.45, 2.75) is 13.5 Å². The largest absolute Gasteiger partial charge is 0.392 e. The fourth-order valence-corrected chi connectivity index (χ4v) is 2.70. The normalized spacial score (nSPS) is 14.3. The molecule has 1 aromatic carbocycles. The molecule has 0 radical (unpaired) electrons. The van der Waals surface area contributed by atoms with Gasteiger partial charge in [0.25, 0.3) is 0 Å². The number of hydrogen-bond donors (Lipinski definition) is 1. The van der Waals surface area contributed by atoms with E-state index >= 15 is 0 Å². The van der Waals surface area contributed by atoms with Crippen LogP contribution in [0.4, 0.5) is 17.1 Å². The Hall–Kier alpha value is -2.07. The number of aryl methyl sites for hydroxylation is 1. The third-order valence-electron chi connectivity index (χ3n) is 3.80. The summed E-state index contributed by atoms with van der Waals surface area (Å²) in [7, 11) is 2.11. The van der Waals surface area contributed by atoms with Crippen LogP contribution in [0.1, 0.15) is 11.3 Å². The highest BCUT2D eigenvalue weighted by Crippen LogP contribution is 2.38. The summed E-state index contributed by atoms with van der Waals surface area (Å²) in [6.07, 6.45) is 1.77. The Morgan fingerprint density at radius 3 is 2.65 bits per heavy atom. The molecule has 2 aromatic rings. The molecule has 2 heterocycles. The van der Waals surface area contributed by atoms with E-state index in [1.807, 2.05) is 13.0 Å². The van der Waals surface area contributed by atoms with Gasteiger partial charge < -0.3 is 14.9 Å². The summed E-state index contributed by atoms with van der Waals surface area (Å²) in [5.41, 5.74) is 5.29. The molecular formula is C16H19N3O. The molecule has 3 rings (SSSR count). The second-order valence-electron chi connectivity index (χ2n) is 5.17. The van der Waals surface area contributed by atoms with Crippen molar-refractivity contribution in [2.75, 3.05) is 29.9 Å². The number of pyridine rings is 1. The highest BCUT2D eigenvalue weighted by atomic mass is 16.3. The molecule has 1 N–H and O–H groups in total. The first-order valence-electron chi connectivity index (χ1n) is 6.85. The highest BCUT2D eigenvalue weighted by molar-refractivity contribution is 5.80. The number of likely N-dealkylation sites (N-methyl/N-ethyl adjacent to an activating group) is 1. The summed E-state index contributed by atoms with van der Waals surface area (Å²) in [6, 6.07) is 10.4. The zero-order valence-corrected chi connectivity index (χ0v) is 11.9. The van der Waals surface area contributed by atoms with Crippen LogP contribution >= 0.6 is 0 Å². The molecule has 0 unspecified atom stereocenters. The third kappa shape index (κ3) is 2.12. The monoisotopic (exact) mass is 269 g/mol. The SMILES string of the molecule is Cc1cc(N2CCN(C)c3ccccc32)c(CO)cn1. The second-order valence-corrected chi connectivity index (χ2v) is 5.17. The van der Waals surface area contributed by atoms with Gasteiger partial charge in [0.2, 0.25) is 0 Å². The number of para-hydroxylation sites is 2. The fraction of sp³-hybridized carbons (Fsp3) is 0.312. The van der Waals surface area contributed by atoms with E-state index in [4.69, 9.17) is 0 Å². The quantitative estimate of drug-likeness (QED) is 0.909. The molecule has 1 aromatic heterocycles. The maximum absolute atomic E-state index is 9.56. The number of nitrogens with zero attached hydrogens (tertiary/aromatic N) is 3. The zero-order chi connectivity index (χ0) is 14.1. The summed E-state index contributed by atoms with van der Waals surface area (Å²) in [6.45, 7) is 3.86. The number of benzene rings is 1. The molecule has 1 aliphatic rings. The van der Waals surface area contributed by atoms with Crippen molar-refractivity contribution in [3.05, 3.63) is 47.8 Å². The van der Waals surface area contributed by atoms with Crippen LogP contribution in [0.3, 0.4) is 0 Å². The van der Waals surface area contributed by atoms with E-state index in [9.17, 15) is 5.11 Å². The minimum absolute atomic E-state index is 0.0110. The average Bonchev–Trinajstić information content (AvgIpc) is 2.48. The third-order valence-corrected chi connectivity index (χ3v) is 3.80. The van der Waals surface area contributed by atoms with Gasteiger partial charge in [0.1, 0.15) is 0 Å². The molecule has 104 valence electrons. The second kappa shape index (κ2) is 5.13. The van der Waals surface area contributed by atoms with Crippen LogP contribution in [-0.4, -0.2) is 30.2 Å². The molecule has 0 saturated heterocycles. The average molecular weight is 269 g/mol. The van der Waals surface area contributed by atoms with Gasteiger partial charge in [0, 0.05) is 37.6 Å². The molecule has 4 nitrogen and oxygen atoms in total. The molecule has 0 atom stereocenters. The Labute approximate surface area is 119 Å². The van der Waals surface area contributed by atoms with E-state index in [-0.39, 0.29) is 6.61 Å². The Bertz CT molecular complexity index is 627. The number of aromatic nitrogens is 1. The van der Waals surface area contributed by atoms with Gasteiger partial charge in [-0.25, -0.2) is 0 Å². The fourth-order valence-electron chi connectivity index (χ4n) is 2.70. The van der Waals surface area contributed by atoms with Crippen LogP contribution in [0, 0.1) is 6.92 Å². The van der Waals surface area contributed by atoms with E-state index in [1.165, 1.54) is 11.4 Å². The van der Waals surface area contributed by atoms with Gasteiger partial charge in [-0.2, -0.15) is 0 Å². The van der Waals surface area contributed by atoms with Crippen molar-refractivity contribution < 1.29 is 5.11 Å². The first kappa shape index (κ1) is 12.9. The summed E-state index contributed by atoms with van der Waals surface area (Å²) in [5.74, 6) is 0. The molecule has 0 amide bonds. The minimum atomic E-state index is 0.0110. The molecule has 0 bridgehead atoms. The van der Waals surface area contributed by atoms with Gasteiger partial charge in [0.15, 0.2) is 0 Å². The summed E-state index contributed by atoms with van der Waals surface area (Å²) in [4.78, 5) is 8.82. The highest BCUT2D eigenvalue weighted by Gasteiger charge is 2.22. The van der Waals surface area contributed by atoms with Crippen molar-refractivity contribution >= 4 is 17.1 Å². The molecule has 0 fully saturated rings. The van der Waals surface area contributed by atoms with E-state index in [0.29, 0.717) is 0 Å². The predicted molar refractivity (Wildman–Crippen MR) is 81.6 cm³/mol. The van der Waals surface area contributed by atoms with Crippen LogP contribution < -0.4 is 9.80 Å². The smallest absolute Gasteiger partial charge is 0.0717 e. The number of rotatable bonds is 2. The number of anilines is 3. The van der Waals surface area contributed by atoms with Crippen LogP contribution in [0.15, 0.2) is 36.5 Å². The summed E-state index contributed by atoms with van der Waals surface area (Å²) in [5, 5.41) is 9.56. The van der Waals surface area contributed by atoms with E-state index in [1.54, 1.807) is 6.20 Å². The van der Waals surface area contributed by atoms with Gasteiger partial charge in [-0.3, -0.25) is 4.98 Å². The lowest BCUT2D eigenvalue weighted by Crippen LogP contribution is -2.36. The topological polar surface area (TPSA) is 39.6 Å². The molecule has 0 saturated carbocycles. The lowest BCUT2D eigenvalue weighted by atomic mass is 10.1. The van der Waals surface area contributed by atoms with Gasteiger partial charge >= 0.3 is 0 Å². The summed E-state index contributed by atoms with van der Waals surface area (Å²) < 4.78 is 0.